The molecule has 4 rings (SSSR count). The molecule has 0 spiro atoms. The van der Waals surface area contributed by atoms with Crippen LogP contribution in [0.1, 0.15) is 70.0 Å². The van der Waals surface area contributed by atoms with Gasteiger partial charge in [0.2, 0.25) is 0 Å². The minimum absolute atomic E-state index is 0.208. The van der Waals surface area contributed by atoms with Crippen LogP contribution < -0.4 is 10.6 Å². The van der Waals surface area contributed by atoms with E-state index in [9.17, 15) is 19.5 Å². The molecule has 0 saturated carbocycles. The van der Waals surface area contributed by atoms with Crippen molar-refractivity contribution in [2.45, 2.75) is 51.2 Å². The third-order valence-corrected chi connectivity index (χ3v) is 9.09. The second kappa shape index (κ2) is 16.1. The molecule has 2 amide bonds. The Balaban J connectivity index is 1.74. The molecule has 1 heterocycles. The minimum atomic E-state index is -1.40. The second-order valence-corrected chi connectivity index (χ2v) is 12.1. The lowest BCUT2D eigenvalue weighted by atomic mass is 9.72. The van der Waals surface area contributed by atoms with E-state index in [4.69, 9.17) is 21.1 Å². The first-order chi connectivity index (χ1) is 22.2. The highest BCUT2D eigenvalue weighted by Gasteiger charge is 2.43. The summed E-state index contributed by atoms with van der Waals surface area (Å²) in [6.07, 6.45) is 2.38. The summed E-state index contributed by atoms with van der Waals surface area (Å²) < 4.78 is 9.75. The number of nitrogens with zero attached hydrogens (tertiary/aromatic N) is 1. The summed E-state index contributed by atoms with van der Waals surface area (Å²) >= 11 is 6.88. The molecule has 0 radical (unpaired) electrons. The van der Waals surface area contributed by atoms with E-state index in [1.165, 1.54) is 14.2 Å². The van der Waals surface area contributed by atoms with Crippen LogP contribution in [-0.2, 0) is 28.0 Å². The van der Waals surface area contributed by atoms with Gasteiger partial charge in [0.15, 0.2) is 0 Å². The number of hydrogen-bond donors (Lipinski definition) is 3. The fourth-order valence-corrected chi connectivity index (χ4v) is 6.68. The molecule has 3 aromatic carbocycles. The fraction of sp³-hybridized carbons (Fsp3) is 0.417. The Morgan fingerprint density at radius 3 is 2.52 bits per heavy atom. The van der Waals surface area contributed by atoms with Gasteiger partial charge < -0.3 is 30.1 Å². The number of piperidine rings is 1. The normalized spacial score (nSPS) is 16.0. The molecule has 3 aromatic rings. The molecule has 9 nitrogen and oxygen atoms in total. The number of esters is 1. The maximum atomic E-state index is 14.0. The predicted octanol–water partition coefficient (Wildman–Crippen LogP) is 5.95. The number of hydrogen-bond acceptors (Lipinski definition) is 7. The number of carbonyl (C=O) groups is 3. The highest BCUT2D eigenvalue weighted by atomic mass is 35.5. The van der Waals surface area contributed by atoms with E-state index in [2.05, 4.69) is 29.7 Å². The summed E-state index contributed by atoms with van der Waals surface area (Å²) in [7, 11) is 4.41. The van der Waals surface area contributed by atoms with Crippen LogP contribution in [0.15, 0.2) is 60.7 Å². The monoisotopic (exact) mass is 649 g/mol. The van der Waals surface area contributed by atoms with E-state index >= 15 is 0 Å². The molecule has 1 aliphatic rings. The fourth-order valence-electron chi connectivity index (χ4n) is 6.40. The highest BCUT2D eigenvalue weighted by molar-refractivity contribution is 6.33. The Morgan fingerprint density at radius 2 is 1.80 bits per heavy atom. The quantitative estimate of drug-likeness (QED) is 0.164. The summed E-state index contributed by atoms with van der Waals surface area (Å²) in [5.74, 6) is -1.24. The molecule has 2 atom stereocenters. The van der Waals surface area contributed by atoms with Crippen molar-refractivity contribution >= 4 is 29.6 Å². The molecule has 0 aromatic heterocycles. The lowest BCUT2D eigenvalue weighted by Gasteiger charge is -2.44. The number of halogens is 1. The van der Waals surface area contributed by atoms with Gasteiger partial charge in [-0.1, -0.05) is 61.0 Å². The Hall–Kier alpha value is -3.92. The van der Waals surface area contributed by atoms with Crippen molar-refractivity contribution in [2.24, 2.45) is 5.92 Å². The summed E-state index contributed by atoms with van der Waals surface area (Å²) in [4.78, 5) is 40.3. The summed E-state index contributed by atoms with van der Waals surface area (Å²) in [6.45, 7) is 3.66. The largest absolute Gasteiger partial charge is 0.465 e. The average molecular weight is 650 g/mol. The van der Waals surface area contributed by atoms with Gasteiger partial charge in [0.05, 0.1) is 30.9 Å². The number of nitrogens with one attached hydrogen (secondary N) is 2. The lowest BCUT2D eigenvalue weighted by Crippen LogP contribution is -2.48. The second-order valence-electron chi connectivity index (χ2n) is 11.7. The van der Waals surface area contributed by atoms with E-state index in [0.717, 1.165) is 28.7 Å². The topological polar surface area (TPSA) is 117 Å². The molecule has 246 valence electrons. The number of rotatable bonds is 12. The zero-order valence-electron chi connectivity index (χ0n) is 27.0. The van der Waals surface area contributed by atoms with Crippen molar-refractivity contribution in [2.75, 3.05) is 40.9 Å². The molecule has 1 fully saturated rings. The van der Waals surface area contributed by atoms with Gasteiger partial charge >= 0.3 is 12.1 Å². The van der Waals surface area contributed by atoms with Gasteiger partial charge in [-0.2, -0.15) is 0 Å². The maximum absolute atomic E-state index is 14.0. The zero-order chi connectivity index (χ0) is 33.3. The molecular formula is C36H44ClN3O6. The van der Waals surface area contributed by atoms with E-state index in [1.54, 1.807) is 17.0 Å². The van der Waals surface area contributed by atoms with Crippen molar-refractivity contribution in [3.8, 4) is 11.1 Å². The first-order valence-corrected chi connectivity index (χ1v) is 16.1. The van der Waals surface area contributed by atoms with Gasteiger partial charge in [-0.05, 0) is 79.6 Å². The van der Waals surface area contributed by atoms with Gasteiger partial charge in [-0.15, -0.1) is 0 Å². The Bertz CT molecular complexity index is 1550. The average Bonchev–Trinajstić information content (AvgIpc) is 3.09. The van der Waals surface area contributed by atoms with Crippen LogP contribution in [0.3, 0.4) is 0 Å². The Kier molecular flexibility index (Phi) is 12.2. The predicted molar refractivity (Wildman–Crippen MR) is 179 cm³/mol. The van der Waals surface area contributed by atoms with E-state index in [-0.39, 0.29) is 29.5 Å². The van der Waals surface area contributed by atoms with Crippen LogP contribution in [0.25, 0.3) is 11.1 Å². The Morgan fingerprint density at radius 1 is 1.02 bits per heavy atom. The number of aliphatic hydroxyl groups is 1. The number of alkyl carbamates (subject to hydrolysis) is 1. The number of amides is 2. The lowest BCUT2D eigenvalue weighted by molar-refractivity contribution is -0.0563. The van der Waals surface area contributed by atoms with Crippen LogP contribution in [0, 0.1) is 5.92 Å². The van der Waals surface area contributed by atoms with Crippen LogP contribution in [0.2, 0.25) is 5.02 Å². The van der Waals surface area contributed by atoms with Crippen molar-refractivity contribution in [1.29, 1.82) is 0 Å². The molecule has 10 heteroatoms. The first kappa shape index (κ1) is 34.9. The third-order valence-electron chi connectivity index (χ3n) is 8.78. The molecular weight excluding hydrogens is 606 g/mol. The van der Waals surface area contributed by atoms with Crippen LogP contribution in [0.4, 0.5) is 4.79 Å². The van der Waals surface area contributed by atoms with E-state index in [0.29, 0.717) is 55.9 Å². The van der Waals surface area contributed by atoms with Crippen molar-refractivity contribution in [3.63, 3.8) is 0 Å². The molecule has 3 N–H and O–H groups in total. The summed E-state index contributed by atoms with van der Waals surface area (Å²) in [6, 6.07) is 18.9. The Labute approximate surface area is 276 Å². The van der Waals surface area contributed by atoms with Gasteiger partial charge in [0.25, 0.3) is 5.91 Å². The number of benzene rings is 3. The number of carbonyl (C=O) groups excluding carboxylic acids is 3. The standard InChI is InChI=1S/C36H44ClN3O6/c1-5-24-10-6-11-26(20-24)32-30(13-7-14-31(32)37)36(44,17-9-18-39-35(43)46-4)27-12-8-19-40(23-27)33(41)28-16-15-25(22-38-2)21-29(28)34(42)45-3/h6-7,10-11,13-16,20-21,27,38,44H,5,8-9,12,17-19,22-23H2,1-4H3,(H,39,43). The van der Waals surface area contributed by atoms with Crippen LogP contribution in [-0.4, -0.2) is 68.9 Å². The summed E-state index contributed by atoms with van der Waals surface area (Å²) in [5, 5.41) is 19.1. The molecule has 0 bridgehead atoms. The molecule has 1 saturated heterocycles. The van der Waals surface area contributed by atoms with Gasteiger partial charge in [-0.25, -0.2) is 9.59 Å². The molecule has 46 heavy (non-hydrogen) atoms. The van der Waals surface area contributed by atoms with Crippen molar-refractivity contribution in [1.82, 2.24) is 15.5 Å². The number of likely N-dealkylation sites (tertiary alicyclic amines) is 1. The number of aryl methyl sites for hydroxylation is 1. The zero-order valence-corrected chi connectivity index (χ0v) is 27.8. The van der Waals surface area contributed by atoms with Gasteiger partial charge in [-0.3, -0.25) is 4.79 Å². The smallest absolute Gasteiger partial charge is 0.406 e. The molecule has 1 aliphatic heterocycles. The minimum Gasteiger partial charge on any atom is -0.465 e. The van der Waals surface area contributed by atoms with Crippen LogP contribution in [0.5, 0.6) is 0 Å². The van der Waals surface area contributed by atoms with E-state index < -0.39 is 17.7 Å². The maximum Gasteiger partial charge on any atom is 0.406 e. The van der Waals surface area contributed by atoms with Crippen molar-refractivity contribution in [3.05, 3.63) is 93.5 Å². The molecule has 2 unspecified atom stereocenters. The third kappa shape index (κ3) is 7.89. The first-order valence-electron chi connectivity index (χ1n) is 15.7. The SMILES string of the molecule is CCc1cccc(-c2c(Cl)cccc2C(O)(CCCNC(=O)OC)C2CCCN(C(=O)c3ccc(CNC)cc3C(=O)OC)C2)c1. The van der Waals surface area contributed by atoms with Gasteiger partial charge in [0, 0.05) is 42.7 Å². The van der Waals surface area contributed by atoms with Crippen molar-refractivity contribution < 1.29 is 29.0 Å². The highest BCUT2D eigenvalue weighted by Crippen LogP contribution is 2.46. The number of methoxy groups -OCH3 is 2. The van der Waals surface area contributed by atoms with Crippen LogP contribution >= 0.6 is 11.6 Å². The van der Waals surface area contributed by atoms with Gasteiger partial charge in [0.1, 0.15) is 0 Å². The van der Waals surface area contributed by atoms with E-state index in [1.807, 2.05) is 43.4 Å². The molecule has 0 aliphatic carbocycles. The number of ether oxygens (including phenoxy) is 2. The summed E-state index contributed by atoms with van der Waals surface area (Å²) in [5.41, 5.74) is 3.40.